The number of fused-ring (bicyclic) bond motifs is 1. The first kappa shape index (κ1) is 17.2. The van der Waals surface area contributed by atoms with Crippen molar-refractivity contribution in [3.8, 4) is 11.5 Å². The van der Waals surface area contributed by atoms with Crippen LogP contribution in [0.15, 0.2) is 12.1 Å². The summed E-state index contributed by atoms with van der Waals surface area (Å²) in [5.74, 6) is 1.49. The summed E-state index contributed by atoms with van der Waals surface area (Å²) in [5.41, 5.74) is 0.498. The Morgan fingerprint density at radius 3 is 2.96 bits per heavy atom. The second kappa shape index (κ2) is 5.63. The molecule has 5 nitrogen and oxygen atoms in total. The van der Waals surface area contributed by atoms with Crippen LogP contribution in [0.5, 0.6) is 11.5 Å². The first-order valence-electron chi connectivity index (χ1n) is 8.87. The van der Waals surface area contributed by atoms with Crippen LogP contribution in [-0.2, 0) is 16.6 Å². The average Bonchev–Trinajstić information content (AvgIpc) is 2.60. The fourth-order valence-corrected chi connectivity index (χ4v) is 6.43. The van der Waals surface area contributed by atoms with Gasteiger partial charge in [-0.3, -0.25) is 4.79 Å². The molecule has 2 aliphatic heterocycles. The number of benzene rings is 1. The maximum atomic E-state index is 12.8. The number of likely N-dealkylation sites (tertiary alicyclic amines) is 1. The van der Waals surface area contributed by atoms with Crippen molar-refractivity contribution < 1.29 is 18.8 Å². The van der Waals surface area contributed by atoms with Gasteiger partial charge in [0.1, 0.15) is 11.0 Å². The molecule has 4 unspecified atom stereocenters. The van der Waals surface area contributed by atoms with Crippen LogP contribution < -0.4 is 8.92 Å². The lowest BCUT2D eigenvalue weighted by molar-refractivity contribution is -0.142. The third kappa shape index (κ3) is 2.02. The Morgan fingerprint density at radius 1 is 1.52 bits per heavy atom. The number of methoxy groups -OCH3 is 1. The third-order valence-electron chi connectivity index (χ3n) is 6.55. The van der Waals surface area contributed by atoms with Gasteiger partial charge in [0.05, 0.1) is 30.2 Å². The molecule has 1 aliphatic carbocycles. The Hall–Kier alpha value is -1.24. The van der Waals surface area contributed by atoms with Crippen LogP contribution in [0.25, 0.3) is 0 Å². The summed E-state index contributed by atoms with van der Waals surface area (Å²) in [7, 11) is 3.69. The van der Waals surface area contributed by atoms with Crippen molar-refractivity contribution in [3.05, 3.63) is 23.3 Å². The number of carbonyl (C=O) groups excluding carboxylic acids is 1. The Bertz CT molecular complexity index is 734. The number of piperidine rings is 1. The number of hydrogen-bond acceptors (Lipinski definition) is 6. The molecule has 0 amide bonds. The van der Waals surface area contributed by atoms with Gasteiger partial charge in [-0.05, 0) is 45.0 Å². The van der Waals surface area contributed by atoms with Crippen molar-refractivity contribution in [2.45, 2.75) is 55.4 Å². The van der Waals surface area contributed by atoms with E-state index in [4.69, 9.17) is 8.92 Å². The number of carbonyl (C=O) groups is 1. The van der Waals surface area contributed by atoms with E-state index in [1.54, 1.807) is 7.11 Å². The van der Waals surface area contributed by atoms with E-state index in [2.05, 4.69) is 18.0 Å². The van der Waals surface area contributed by atoms with Crippen molar-refractivity contribution >= 4 is 17.8 Å². The summed E-state index contributed by atoms with van der Waals surface area (Å²) in [5, 5.41) is 11.4. The molecule has 1 aromatic carbocycles. The molecule has 0 saturated carbocycles. The molecule has 1 fully saturated rings. The molecular formula is C19H25NO4S. The quantitative estimate of drug-likeness (QED) is 0.832. The first-order chi connectivity index (χ1) is 11.9. The van der Waals surface area contributed by atoms with Crippen molar-refractivity contribution in [1.29, 1.82) is 0 Å². The van der Waals surface area contributed by atoms with Crippen molar-refractivity contribution in [1.82, 2.24) is 4.90 Å². The Balaban J connectivity index is 2.04. The SMILES string of the molecule is CCC(=O)C1SOc2c(OC)ccc3c2C12CCN(C)C(C3)C2(C)O. The lowest BCUT2D eigenvalue weighted by Gasteiger charge is -2.62. The zero-order chi connectivity index (χ0) is 18.0. The van der Waals surface area contributed by atoms with E-state index in [1.165, 1.54) is 12.0 Å². The molecule has 2 bridgehead atoms. The molecule has 4 atom stereocenters. The van der Waals surface area contributed by atoms with Gasteiger partial charge >= 0.3 is 0 Å². The van der Waals surface area contributed by atoms with Gasteiger partial charge < -0.3 is 18.9 Å². The molecule has 4 rings (SSSR count). The van der Waals surface area contributed by atoms with Crippen LogP contribution >= 0.6 is 12.0 Å². The fourth-order valence-electron chi connectivity index (χ4n) is 5.16. The number of nitrogens with zero attached hydrogens (tertiary/aromatic N) is 1. The Labute approximate surface area is 152 Å². The highest BCUT2D eigenvalue weighted by Gasteiger charge is 2.67. The van der Waals surface area contributed by atoms with Crippen LogP contribution in [0.4, 0.5) is 0 Å². The first-order valence-corrected chi connectivity index (χ1v) is 9.68. The summed E-state index contributed by atoms with van der Waals surface area (Å²) in [6.07, 6.45) is 1.92. The second-order valence-electron chi connectivity index (χ2n) is 7.58. The topological polar surface area (TPSA) is 59.0 Å². The Kier molecular flexibility index (Phi) is 3.87. The smallest absolute Gasteiger partial charge is 0.183 e. The lowest BCUT2D eigenvalue weighted by atomic mass is 9.53. The minimum atomic E-state index is -1.01. The minimum Gasteiger partial charge on any atom is -0.493 e. The highest BCUT2D eigenvalue weighted by molar-refractivity contribution is 7.96. The maximum absolute atomic E-state index is 12.8. The average molecular weight is 363 g/mol. The van der Waals surface area contributed by atoms with Crippen LogP contribution in [0.2, 0.25) is 0 Å². The van der Waals surface area contributed by atoms with E-state index >= 15 is 0 Å². The van der Waals surface area contributed by atoms with Crippen LogP contribution in [0.1, 0.15) is 37.8 Å². The van der Waals surface area contributed by atoms with Gasteiger partial charge in [0.2, 0.25) is 0 Å². The fraction of sp³-hybridized carbons (Fsp3) is 0.632. The van der Waals surface area contributed by atoms with E-state index in [9.17, 15) is 9.90 Å². The zero-order valence-electron chi connectivity index (χ0n) is 15.2. The van der Waals surface area contributed by atoms with E-state index in [0.29, 0.717) is 17.9 Å². The molecule has 1 aromatic rings. The van der Waals surface area contributed by atoms with Crippen molar-refractivity contribution in [2.24, 2.45) is 0 Å². The van der Waals surface area contributed by atoms with Gasteiger partial charge in [0.15, 0.2) is 11.5 Å². The molecule has 6 heteroatoms. The van der Waals surface area contributed by atoms with Crippen LogP contribution in [-0.4, -0.2) is 53.4 Å². The van der Waals surface area contributed by atoms with E-state index < -0.39 is 16.3 Å². The van der Waals surface area contributed by atoms with Crippen molar-refractivity contribution in [3.63, 3.8) is 0 Å². The molecule has 3 aliphatic rings. The lowest BCUT2D eigenvalue weighted by Crippen LogP contribution is -2.74. The normalized spacial score (nSPS) is 36.4. The largest absolute Gasteiger partial charge is 0.493 e. The number of ketones is 1. The van der Waals surface area contributed by atoms with E-state index in [0.717, 1.165) is 30.5 Å². The van der Waals surface area contributed by atoms with E-state index in [-0.39, 0.29) is 11.8 Å². The molecule has 1 N–H and O–H groups in total. The molecule has 1 saturated heterocycles. The third-order valence-corrected chi connectivity index (χ3v) is 7.67. The maximum Gasteiger partial charge on any atom is 0.183 e. The number of likely N-dealkylation sites (N-methyl/N-ethyl adjacent to an activating group) is 1. The van der Waals surface area contributed by atoms with Crippen molar-refractivity contribution in [2.75, 3.05) is 20.7 Å². The summed E-state index contributed by atoms with van der Waals surface area (Å²) < 4.78 is 11.5. The van der Waals surface area contributed by atoms with Gasteiger partial charge in [0.25, 0.3) is 0 Å². The van der Waals surface area contributed by atoms with Gasteiger partial charge in [-0.15, -0.1) is 0 Å². The van der Waals surface area contributed by atoms with Gasteiger partial charge in [-0.25, -0.2) is 0 Å². The predicted octanol–water partition coefficient (Wildman–Crippen LogP) is 2.33. The summed E-state index contributed by atoms with van der Waals surface area (Å²) >= 11 is 1.20. The van der Waals surface area contributed by atoms with Crippen LogP contribution in [0.3, 0.4) is 0 Å². The Morgan fingerprint density at radius 2 is 2.28 bits per heavy atom. The number of Topliss-reactive ketones (excluding diaryl/α,β-unsaturated/α-hetero) is 1. The molecule has 1 spiro atoms. The zero-order valence-corrected chi connectivity index (χ0v) is 16.0. The number of rotatable bonds is 3. The van der Waals surface area contributed by atoms with E-state index in [1.807, 2.05) is 19.9 Å². The van der Waals surface area contributed by atoms with Gasteiger partial charge in [-0.1, -0.05) is 13.0 Å². The molecule has 2 heterocycles. The summed E-state index contributed by atoms with van der Waals surface area (Å²) in [6.45, 7) is 4.64. The molecule has 0 aromatic heterocycles. The molecule has 25 heavy (non-hydrogen) atoms. The summed E-state index contributed by atoms with van der Waals surface area (Å²) in [6, 6.07) is 3.99. The molecule has 136 valence electrons. The monoisotopic (exact) mass is 363 g/mol. The number of hydrogen-bond donors (Lipinski definition) is 1. The van der Waals surface area contributed by atoms with Crippen LogP contribution in [0, 0.1) is 0 Å². The van der Waals surface area contributed by atoms with Gasteiger partial charge in [-0.2, -0.15) is 0 Å². The molecular weight excluding hydrogens is 338 g/mol. The highest BCUT2D eigenvalue weighted by atomic mass is 32.2. The minimum absolute atomic E-state index is 0.0131. The molecule has 0 radical (unpaired) electrons. The second-order valence-corrected chi connectivity index (χ2v) is 8.41. The predicted molar refractivity (Wildman–Crippen MR) is 97.3 cm³/mol. The number of aliphatic hydroxyl groups is 1. The van der Waals surface area contributed by atoms with Gasteiger partial charge in [0, 0.05) is 18.0 Å². The standard InChI is InChI=1S/C19H25NO4S/c1-5-12(21)17-19-8-9-20(3)14(18(19,2)22)10-11-6-7-13(23-4)16(15(11)19)24-25-17/h6-7,14,17,22H,5,8-10H2,1-4H3. The summed E-state index contributed by atoms with van der Waals surface area (Å²) in [4.78, 5) is 15.1. The number of ether oxygens (including phenoxy) is 1. The highest BCUT2D eigenvalue weighted by Crippen LogP contribution is 2.62.